The van der Waals surface area contributed by atoms with Gasteiger partial charge in [0.05, 0.1) is 12.8 Å². The third-order valence-electron chi connectivity index (χ3n) is 3.56. The lowest BCUT2D eigenvalue weighted by atomic mass is 9.83. The Morgan fingerprint density at radius 2 is 1.81 bits per heavy atom. The number of rotatable bonds is 3. The fourth-order valence-corrected chi connectivity index (χ4v) is 2.21. The highest BCUT2D eigenvalue weighted by Gasteiger charge is 2.29. The number of nitrogens with zero attached hydrogens (tertiary/aromatic N) is 2. The van der Waals surface area contributed by atoms with Gasteiger partial charge in [-0.15, -0.1) is 0 Å². The summed E-state index contributed by atoms with van der Waals surface area (Å²) >= 11 is 0. The van der Waals surface area contributed by atoms with Gasteiger partial charge in [0.2, 0.25) is 0 Å². The van der Waals surface area contributed by atoms with Gasteiger partial charge in [0.15, 0.2) is 0 Å². The van der Waals surface area contributed by atoms with E-state index < -0.39 is 11.4 Å². The van der Waals surface area contributed by atoms with Gasteiger partial charge >= 0.3 is 5.97 Å². The Balaban J connectivity index is 2.54. The predicted octanol–water partition coefficient (Wildman–Crippen LogP) is 2.48. The minimum absolute atomic E-state index is 0.147. The van der Waals surface area contributed by atoms with Crippen LogP contribution in [0.15, 0.2) is 30.3 Å². The van der Waals surface area contributed by atoms with Crippen LogP contribution in [-0.2, 0) is 10.2 Å². The number of carbonyl (C=O) groups is 1. The lowest BCUT2D eigenvalue weighted by molar-refractivity contribution is 0.0600. The van der Waals surface area contributed by atoms with Crippen molar-refractivity contribution in [2.24, 2.45) is 0 Å². The number of esters is 1. The van der Waals surface area contributed by atoms with E-state index in [9.17, 15) is 4.79 Å². The van der Waals surface area contributed by atoms with Crippen LogP contribution in [-0.4, -0.2) is 23.0 Å². The molecular weight excluding hydrogens is 266 g/mol. The topological polar surface area (TPSA) is 78.1 Å². The van der Waals surface area contributed by atoms with Crippen LogP contribution in [0, 0.1) is 6.92 Å². The lowest BCUT2D eigenvalue weighted by Gasteiger charge is -2.24. The van der Waals surface area contributed by atoms with Gasteiger partial charge in [-0.1, -0.05) is 30.3 Å². The molecule has 2 rings (SSSR count). The zero-order valence-electron chi connectivity index (χ0n) is 12.7. The molecule has 0 spiro atoms. The Morgan fingerprint density at radius 3 is 2.33 bits per heavy atom. The first-order valence-electron chi connectivity index (χ1n) is 6.66. The molecule has 5 nitrogen and oxygen atoms in total. The van der Waals surface area contributed by atoms with E-state index in [-0.39, 0.29) is 11.4 Å². The van der Waals surface area contributed by atoms with Gasteiger partial charge in [-0.25, -0.2) is 14.8 Å². The Morgan fingerprint density at radius 1 is 1.19 bits per heavy atom. The molecule has 2 N–H and O–H groups in total. The summed E-state index contributed by atoms with van der Waals surface area (Å²) < 4.78 is 4.71. The van der Waals surface area contributed by atoms with Crippen LogP contribution in [0.2, 0.25) is 0 Å². The smallest absolute Gasteiger partial charge is 0.343 e. The maximum atomic E-state index is 11.7. The second-order valence-electron chi connectivity index (χ2n) is 5.38. The average Bonchev–Trinajstić information content (AvgIpc) is 2.47. The van der Waals surface area contributed by atoms with E-state index in [1.165, 1.54) is 7.11 Å². The van der Waals surface area contributed by atoms with Crippen molar-refractivity contribution in [3.05, 3.63) is 53.0 Å². The molecule has 0 atom stereocenters. The zero-order chi connectivity index (χ0) is 15.6. The average molecular weight is 285 g/mol. The van der Waals surface area contributed by atoms with Crippen LogP contribution in [0.5, 0.6) is 0 Å². The van der Waals surface area contributed by atoms with E-state index >= 15 is 0 Å². The Kier molecular flexibility index (Phi) is 3.93. The molecule has 21 heavy (non-hydrogen) atoms. The maximum absolute atomic E-state index is 11.7. The number of hydrogen-bond acceptors (Lipinski definition) is 5. The molecule has 0 saturated heterocycles. The molecule has 110 valence electrons. The Labute approximate surface area is 124 Å². The van der Waals surface area contributed by atoms with Gasteiger partial charge in [0, 0.05) is 5.41 Å². The zero-order valence-corrected chi connectivity index (χ0v) is 12.7. The molecule has 2 aromatic rings. The SMILES string of the molecule is COC(=O)c1c(C)nc(C(C)(C)c2ccccc2)nc1N. The van der Waals surface area contributed by atoms with Crippen molar-refractivity contribution in [3.63, 3.8) is 0 Å². The number of aryl methyl sites for hydroxylation is 1. The third-order valence-corrected chi connectivity index (χ3v) is 3.56. The van der Waals surface area contributed by atoms with E-state index in [2.05, 4.69) is 9.97 Å². The highest BCUT2D eigenvalue weighted by molar-refractivity contribution is 5.95. The van der Waals surface area contributed by atoms with Crippen LogP contribution in [0.4, 0.5) is 5.82 Å². The first-order valence-corrected chi connectivity index (χ1v) is 6.66. The molecule has 0 aliphatic carbocycles. The van der Waals surface area contributed by atoms with Gasteiger partial charge in [-0.3, -0.25) is 0 Å². The summed E-state index contributed by atoms with van der Waals surface area (Å²) in [7, 11) is 1.31. The van der Waals surface area contributed by atoms with Crippen LogP contribution in [0.3, 0.4) is 0 Å². The normalized spacial score (nSPS) is 11.2. The van der Waals surface area contributed by atoms with Crippen LogP contribution >= 0.6 is 0 Å². The molecule has 1 heterocycles. The molecule has 1 aromatic heterocycles. The van der Waals surface area contributed by atoms with Crippen LogP contribution in [0.1, 0.15) is 41.3 Å². The van der Waals surface area contributed by atoms with Gasteiger partial charge < -0.3 is 10.5 Å². The minimum Gasteiger partial charge on any atom is -0.465 e. The quantitative estimate of drug-likeness (QED) is 0.876. The highest BCUT2D eigenvalue weighted by Crippen LogP contribution is 2.30. The molecule has 0 amide bonds. The summed E-state index contributed by atoms with van der Waals surface area (Å²) in [5.74, 6) is 0.207. The fraction of sp³-hybridized carbons (Fsp3) is 0.312. The summed E-state index contributed by atoms with van der Waals surface area (Å²) in [4.78, 5) is 20.5. The summed E-state index contributed by atoms with van der Waals surface area (Å²) in [5, 5.41) is 0. The standard InChI is InChI=1S/C16H19N3O2/c1-10-12(14(20)21-4)13(17)19-15(18-10)16(2,3)11-8-6-5-7-9-11/h5-9H,1-4H3,(H2,17,18,19). The Hall–Kier alpha value is -2.43. The van der Waals surface area contributed by atoms with E-state index in [4.69, 9.17) is 10.5 Å². The number of anilines is 1. The molecule has 0 aliphatic heterocycles. The van der Waals surface area contributed by atoms with Crippen LogP contribution in [0.25, 0.3) is 0 Å². The fourth-order valence-electron chi connectivity index (χ4n) is 2.21. The number of aromatic nitrogens is 2. The molecule has 0 saturated carbocycles. The highest BCUT2D eigenvalue weighted by atomic mass is 16.5. The molecule has 0 radical (unpaired) electrons. The van der Waals surface area contributed by atoms with E-state index in [0.29, 0.717) is 11.5 Å². The van der Waals surface area contributed by atoms with Crippen LogP contribution < -0.4 is 5.73 Å². The lowest BCUT2D eigenvalue weighted by Crippen LogP contribution is -2.25. The van der Waals surface area contributed by atoms with Crippen molar-refractivity contribution in [3.8, 4) is 0 Å². The van der Waals surface area contributed by atoms with E-state index in [1.54, 1.807) is 6.92 Å². The summed E-state index contributed by atoms with van der Waals surface area (Å²) in [6, 6.07) is 9.93. The second-order valence-corrected chi connectivity index (χ2v) is 5.38. The Bertz CT molecular complexity index is 643. The number of nitrogens with two attached hydrogens (primary N) is 1. The van der Waals surface area contributed by atoms with Crippen molar-refractivity contribution in [2.45, 2.75) is 26.2 Å². The number of ether oxygens (including phenoxy) is 1. The predicted molar refractivity (Wildman–Crippen MR) is 81.1 cm³/mol. The first kappa shape index (κ1) is 15.0. The van der Waals surface area contributed by atoms with Gasteiger partial charge in [-0.05, 0) is 26.3 Å². The van der Waals surface area contributed by atoms with E-state index in [1.807, 2.05) is 44.2 Å². The number of methoxy groups -OCH3 is 1. The molecule has 1 aromatic carbocycles. The summed E-state index contributed by atoms with van der Waals surface area (Å²) in [5.41, 5.74) is 7.34. The summed E-state index contributed by atoms with van der Waals surface area (Å²) in [6.45, 7) is 5.78. The van der Waals surface area contributed by atoms with Gasteiger partial charge in [0.1, 0.15) is 17.2 Å². The van der Waals surface area contributed by atoms with Gasteiger partial charge in [0.25, 0.3) is 0 Å². The molecule has 0 bridgehead atoms. The van der Waals surface area contributed by atoms with Crippen molar-refractivity contribution < 1.29 is 9.53 Å². The number of carbonyl (C=O) groups excluding carboxylic acids is 1. The first-order chi connectivity index (χ1) is 9.87. The largest absolute Gasteiger partial charge is 0.465 e. The molecule has 0 fully saturated rings. The molecule has 0 unspecified atom stereocenters. The summed E-state index contributed by atoms with van der Waals surface area (Å²) in [6.07, 6.45) is 0. The maximum Gasteiger partial charge on any atom is 0.343 e. The van der Waals surface area contributed by atoms with Crippen molar-refractivity contribution >= 4 is 11.8 Å². The van der Waals surface area contributed by atoms with Gasteiger partial charge in [-0.2, -0.15) is 0 Å². The number of nitrogen functional groups attached to an aromatic ring is 1. The number of hydrogen-bond donors (Lipinski definition) is 1. The second kappa shape index (κ2) is 5.52. The minimum atomic E-state index is -0.519. The molecule has 0 aliphatic rings. The van der Waals surface area contributed by atoms with Crippen molar-refractivity contribution in [1.29, 1.82) is 0 Å². The van der Waals surface area contributed by atoms with Crippen molar-refractivity contribution in [1.82, 2.24) is 9.97 Å². The van der Waals surface area contributed by atoms with Crippen molar-refractivity contribution in [2.75, 3.05) is 12.8 Å². The molecule has 5 heteroatoms. The number of benzene rings is 1. The van der Waals surface area contributed by atoms with E-state index in [0.717, 1.165) is 5.56 Å². The molecular formula is C16H19N3O2. The third kappa shape index (κ3) is 2.72. The monoisotopic (exact) mass is 285 g/mol.